The number of carbonyl (C=O) groups excluding carboxylic acids is 3. The monoisotopic (exact) mass is 545 g/mol. The molecule has 0 spiro atoms. The van der Waals surface area contributed by atoms with E-state index in [0.717, 1.165) is 23.9 Å². The average Bonchev–Trinajstić information content (AvgIpc) is 3.24. The predicted octanol–water partition coefficient (Wildman–Crippen LogP) is 4.68. The van der Waals surface area contributed by atoms with Gasteiger partial charge in [0.1, 0.15) is 6.04 Å². The number of amides is 4. The lowest BCUT2D eigenvalue weighted by molar-refractivity contribution is -0.121. The fraction of sp³-hybridized carbons (Fsp3) is 0.433. The van der Waals surface area contributed by atoms with E-state index in [-0.39, 0.29) is 23.3 Å². The fourth-order valence-corrected chi connectivity index (χ4v) is 6.98. The molecule has 2 atom stereocenters. The zero-order valence-electron chi connectivity index (χ0n) is 21.8. The number of benzene rings is 2. The molecule has 1 aliphatic carbocycles. The van der Waals surface area contributed by atoms with E-state index in [9.17, 15) is 14.4 Å². The minimum atomic E-state index is -0.705. The Hall–Kier alpha value is -3.36. The van der Waals surface area contributed by atoms with Crippen molar-refractivity contribution in [3.05, 3.63) is 64.8 Å². The van der Waals surface area contributed by atoms with Crippen molar-refractivity contribution in [3.63, 3.8) is 0 Å². The summed E-state index contributed by atoms with van der Waals surface area (Å²) in [6, 6.07) is 11.8. The van der Waals surface area contributed by atoms with Gasteiger partial charge >= 0.3 is 6.03 Å². The first kappa shape index (κ1) is 24.7. The highest BCUT2D eigenvalue weighted by Gasteiger charge is 2.52. The van der Waals surface area contributed by atoms with Crippen molar-refractivity contribution < 1.29 is 14.4 Å². The summed E-state index contributed by atoms with van der Waals surface area (Å²) < 4.78 is 0. The smallest absolute Gasteiger partial charge is 0.332 e. The number of hydrogen-bond acceptors (Lipinski definition) is 4. The number of fused-ring (bicyclic) bond motifs is 2. The molecule has 0 radical (unpaired) electrons. The maximum atomic E-state index is 13.7. The Balaban J connectivity index is 1.08. The van der Waals surface area contributed by atoms with Gasteiger partial charge in [0.2, 0.25) is 0 Å². The minimum absolute atomic E-state index is 0.212. The van der Waals surface area contributed by atoms with E-state index in [4.69, 9.17) is 11.6 Å². The lowest BCUT2D eigenvalue weighted by Gasteiger charge is -2.34. The number of H-pyrrole nitrogens is 1. The standard InChI is InChI=1S/C30H32ClN5O3/c31-23-17-32-25-16-19(5-10-22(23)25)27(37)33-24-4-3-15-35-26(24)28(38)36(29(35)39)21-8-6-20(7-9-21)30(11-12-30)18-34-13-1-2-14-34/h5-10,16-17,24,26,32H,1-4,11-15,18H2,(H,33,37)/t24-,26+/m1/s1. The average molecular weight is 546 g/mol. The normalized spacial score (nSPS) is 24.4. The number of nitrogens with one attached hydrogen (secondary N) is 2. The van der Waals surface area contributed by atoms with Crippen LogP contribution in [0.1, 0.15) is 54.4 Å². The van der Waals surface area contributed by atoms with Gasteiger partial charge in [-0.2, -0.15) is 0 Å². The number of rotatable bonds is 6. The number of nitrogens with zero attached hydrogens (tertiary/aromatic N) is 3. The third-order valence-corrected chi connectivity index (χ3v) is 9.38. The first-order valence-electron chi connectivity index (χ1n) is 14.0. The third-order valence-electron chi connectivity index (χ3n) is 9.07. The molecule has 9 heteroatoms. The van der Waals surface area contributed by atoms with Crippen LogP contribution in [0.2, 0.25) is 5.02 Å². The molecule has 0 bridgehead atoms. The van der Waals surface area contributed by atoms with Crippen LogP contribution in [0.15, 0.2) is 48.7 Å². The highest BCUT2D eigenvalue weighted by Crippen LogP contribution is 2.49. The Morgan fingerprint density at radius 2 is 1.79 bits per heavy atom. The fourth-order valence-electron chi connectivity index (χ4n) is 6.77. The highest BCUT2D eigenvalue weighted by molar-refractivity contribution is 6.35. The molecule has 2 N–H and O–H groups in total. The molecule has 3 aliphatic heterocycles. The van der Waals surface area contributed by atoms with Gasteiger partial charge in [0.05, 0.1) is 16.8 Å². The summed E-state index contributed by atoms with van der Waals surface area (Å²) in [7, 11) is 0. The topological polar surface area (TPSA) is 88.8 Å². The summed E-state index contributed by atoms with van der Waals surface area (Å²) in [6.07, 6.45) is 7.98. The van der Waals surface area contributed by atoms with E-state index in [1.807, 2.05) is 18.2 Å². The van der Waals surface area contributed by atoms with Crippen LogP contribution in [0.5, 0.6) is 0 Å². The molecule has 0 unspecified atom stereocenters. The highest BCUT2D eigenvalue weighted by atomic mass is 35.5. The van der Waals surface area contributed by atoms with E-state index in [1.165, 1.54) is 49.2 Å². The zero-order valence-corrected chi connectivity index (χ0v) is 22.5. The first-order valence-corrected chi connectivity index (χ1v) is 14.4. The second-order valence-electron chi connectivity index (χ2n) is 11.5. The molecule has 1 aromatic heterocycles. The Bertz CT molecular complexity index is 1460. The number of hydrogen-bond donors (Lipinski definition) is 2. The van der Waals surface area contributed by atoms with E-state index in [1.54, 1.807) is 23.2 Å². The van der Waals surface area contributed by atoms with Gasteiger partial charge in [0, 0.05) is 41.2 Å². The molecule has 8 nitrogen and oxygen atoms in total. The number of aromatic amines is 1. The molecular formula is C30H32ClN5O3. The Morgan fingerprint density at radius 1 is 1.03 bits per heavy atom. The van der Waals surface area contributed by atoms with Gasteiger partial charge in [-0.3, -0.25) is 9.59 Å². The Kier molecular flexibility index (Phi) is 5.93. The summed E-state index contributed by atoms with van der Waals surface area (Å²) in [6.45, 7) is 3.96. The van der Waals surface area contributed by atoms with Crippen LogP contribution in [0.4, 0.5) is 10.5 Å². The van der Waals surface area contributed by atoms with Crippen LogP contribution < -0.4 is 10.2 Å². The third kappa shape index (κ3) is 4.21. The summed E-state index contributed by atoms with van der Waals surface area (Å²) >= 11 is 6.17. The molecule has 202 valence electrons. The van der Waals surface area contributed by atoms with Crippen molar-refractivity contribution >= 4 is 46.0 Å². The van der Waals surface area contributed by atoms with Crippen molar-refractivity contribution in [1.82, 2.24) is 20.1 Å². The van der Waals surface area contributed by atoms with Crippen LogP contribution >= 0.6 is 11.6 Å². The largest absolute Gasteiger partial charge is 0.360 e. The number of piperidine rings is 1. The van der Waals surface area contributed by atoms with Gasteiger partial charge in [-0.05, 0) is 81.4 Å². The SMILES string of the molecule is O=C(N[C@@H]1CCCN2C(=O)N(c3ccc(C4(CN5CCCC5)CC4)cc3)C(=O)[C@H]12)c1ccc2c(Cl)c[nH]c2c1. The van der Waals surface area contributed by atoms with Crippen LogP contribution in [-0.4, -0.2) is 70.9 Å². The van der Waals surface area contributed by atoms with Crippen molar-refractivity contribution in [3.8, 4) is 0 Å². The second-order valence-corrected chi connectivity index (χ2v) is 11.9. The zero-order chi connectivity index (χ0) is 26.7. The molecule has 2 aromatic carbocycles. The van der Waals surface area contributed by atoms with Gasteiger partial charge in [-0.1, -0.05) is 29.8 Å². The van der Waals surface area contributed by atoms with Gasteiger partial charge in [-0.25, -0.2) is 9.69 Å². The number of urea groups is 1. The predicted molar refractivity (Wildman–Crippen MR) is 150 cm³/mol. The van der Waals surface area contributed by atoms with Crippen molar-refractivity contribution in [2.45, 2.75) is 56.0 Å². The lowest BCUT2D eigenvalue weighted by Crippen LogP contribution is -2.55. The van der Waals surface area contributed by atoms with Gasteiger partial charge < -0.3 is 20.1 Å². The molecule has 4 aliphatic rings. The Morgan fingerprint density at radius 3 is 2.54 bits per heavy atom. The van der Waals surface area contributed by atoms with E-state index in [2.05, 4.69) is 27.3 Å². The second kappa shape index (κ2) is 9.38. The molecule has 3 saturated heterocycles. The van der Waals surface area contributed by atoms with Gasteiger partial charge in [0.15, 0.2) is 0 Å². The summed E-state index contributed by atoms with van der Waals surface area (Å²) in [5.74, 6) is -0.548. The number of anilines is 1. The maximum absolute atomic E-state index is 13.7. The molecule has 4 heterocycles. The molecule has 3 aromatic rings. The number of carbonyl (C=O) groups is 3. The molecule has 7 rings (SSSR count). The molecule has 4 amide bonds. The number of halogens is 1. The van der Waals surface area contributed by atoms with Gasteiger partial charge in [0.25, 0.3) is 11.8 Å². The van der Waals surface area contributed by atoms with Gasteiger partial charge in [-0.15, -0.1) is 0 Å². The number of aromatic nitrogens is 1. The molecule has 4 fully saturated rings. The van der Waals surface area contributed by atoms with E-state index >= 15 is 0 Å². The van der Waals surface area contributed by atoms with Crippen molar-refractivity contribution in [2.24, 2.45) is 0 Å². The van der Waals surface area contributed by atoms with Crippen molar-refractivity contribution in [1.29, 1.82) is 0 Å². The Labute approximate surface area is 232 Å². The van der Waals surface area contributed by atoms with E-state index < -0.39 is 12.1 Å². The van der Waals surface area contributed by atoms with Crippen LogP contribution in [0.3, 0.4) is 0 Å². The van der Waals surface area contributed by atoms with Crippen LogP contribution in [0, 0.1) is 0 Å². The molecule has 1 saturated carbocycles. The van der Waals surface area contributed by atoms with Crippen LogP contribution in [-0.2, 0) is 10.2 Å². The first-order chi connectivity index (χ1) is 18.9. The van der Waals surface area contributed by atoms with Crippen molar-refractivity contribution in [2.75, 3.05) is 31.1 Å². The lowest BCUT2D eigenvalue weighted by atomic mass is 9.94. The van der Waals surface area contributed by atoms with E-state index in [0.29, 0.717) is 29.2 Å². The molecular weight excluding hydrogens is 514 g/mol. The summed E-state index contributed by atoms with van der Waals surface area (Å²) in [5, 5.41) is 4.49. The number of likely N-dealkylation sites (tertiary alicyclic amines) is 1. The number of imide groups is 1. The molecule has 39 heavy (non-hydrogen) atoms. The quantitative estimate of drug-likeness (QED) is 0.440. The minimum Gasteiger partial charge on any atom is -0.360 e. The van der Waals surface area contributed by atoms with Crippen LogP contribution in [0.25, 0.3) is 10.9 Å². The summed E-state index contributed by atoms with van der Waals surface area (Å²) in [5.41, 5.74) is 3.35. The maximum Gasteiger partial charge on any atom is 0.332 e. The summed E-state index contributed by atoms with van der Waals surface area (Å²) in [4.78, 5) is 48.8.